The average molecular weight is 464 g/mol. The maximum absolute atomic E-state index is 10.9. The molecule has 0 aliphatic carbocycles. The van der Waals surface area contributed by atoms with Crippen molar-refractivity contribution in [3.05, 3.63) is 11.5 Å². The molecule has 14 heteroatoms. The lowest BCUT2D eigenvalue weighted by Gasteiger charge is -2.17. The minimum absolute atomic E-state index is 0.0214. The molecule has 4 rings (SSSR count). The smallest absolute Gasteiger partial charge is 0.350 e. The molecule has 2 fully saturated rings. The van der Waals surface area contributed by atoms with Crippen molar-refractivity contribution < 1.29 is 33.7 Å². The van der Waals surface area contributed by atoms with Crippen LogP contribution in [0.5, 0.6) is 0 Å². The lowest BCUT2D eigenvalue weighted by Crippen LogP contribution is -2.21. The molecule has 30 heavy (non-hydrogen) atoms. The third kappa shape index (κ3) is 5.09. The largest absolute Gasteiger partial charge is 0.388 e. The number of nitrogens with one attached hydrogen (secondary N) is 1. The average Bonchev–Trinajstić information content (AvgIpc) is 3.38. The van der Waals surface area contributed by atoms with Crippen molar-refractivity contribution in [2.24, 2.45) is 0 Å². The van der Waals surface area contributed by atoms with E-state index in [1.54, 1.807) is 6.20 Å². The Labute approximate surface area is 176 Å². The summed E-state index contributed by atoms with van der Waals surface area (Å²) in [7, 11) is -4.26. The van der Waals surface area contributed by atoms with Crippen molar-refractivity contribution >= 4 is 36.0 Å². The number of hydrogen-bond donors (Lipinski definition) is 4. The van der Waals surface area contributed by atoms with Gasteiger partial charge in [0.25, 0.3) is 0 Å². The van der Waals surface area contributed by atoms with Crippen LogP contribution in [0.3, 0.4) is 0 Å². The van der Waals surface area contributed by atoms with Gasteiger partial charge < -0.3 is 34.4 Å². The van der Waals surface area contributed by atoms with Gasteiger partial charge in [-0.2, -0.15) is 15.1 Å². The molecule has 0 saturated carbocycles. The minimum Gasteiger partial charge on any atom is -0.388 e. The van der Waals surface area contributed by atoms with E-state index in [0.717, 1.165) is 19.4 Å². The van der Waals surface area contributed by atoms with Crippen LogP contribution in [-0.2, 0) is 18.8 Å². The van der Waals surface area contributed by atoms with E-state index in [2.05, 4.69) is 20.4 Å². The van der Waals surface area contributed by atoms with Gasteiger partial charge in [0, 0.05) is 19.6 Å². The maximum atomic E-state index is 10.9. The summed E-state index contributed by atoms with van der Waals surface area (Å²) in [5, 5.41) is 18.6. The summed E-state index contributed by atoms with van der Waals surface area (Å²) in [6.07, 6.45) is 0.885. The summed E-state index contributed by atoms with van der Waals surface area (Å²) >= 11 is 6.10. The summed E-state index contributed by atoms with van der Waals surface area (Å²) in [5.74, 6) is 0.515. The van der Waals surface area contributed by atoms with Crippen LogP contribution >= 0.6 is 19.2 Å². The molecule has 0 radical (unpaired) electrons. The number of aromatic nitrogens is 4. The second-order valence-electron chi connectivity index (χ2n) is 7.30. The number of aliphatic hydroxyl groups excluding tert-OH is 1. The first-order valence-electron chi connectivity index (χ1n) is 9.52. The fraction of sp³-hybridized carbons (Fsp3) is 0.688. The van der Waals surface area contributed by atoms with Gasteiger partial charge in [-0.05, 0) is 24.4 Å². The first-order valence-corrected chi connectivity index (χ1v) is 11.7. The van der Waals surface area contributed by atoms with Crippen LogP contribution in [0.1, 0.15) is 25.5 Å². The molecule has 2 aromatic rings. The highest BCUT2D eigenvalue weighted by molar-refractivity contribution is 7.51. The van der Waals surface area contributed by atoms with Gasteiger partial charge in [0.2, 0.25) is 5.28 Å². The molecule has 4 atom stereocenters. The normalized spacial score (nSPS) is 27.2. The second kappa shape index (κ2) is 9.01. The molecule has 4 heterocycles. The Morgan fingerprint density at radius 1 is 1.37 bits per heavy atom. The summed E-state index contributed by atoms with van der Waals surface area (Å²) in [6, 6.07) is 0. The minimum atomic E-state index is -4.26. The Kier molecular flexibility index (Phi) is 6.56. The number of ether oxygens (including phenoxy) is 3. The van der Waals surface area contributed by atoms with Crippen LogP contribution in [0.25, 0.3) is 11.0 Å². The Morgan fingerprint density at radius 2 is 2.20 bits per heavy atom. The van der Waals surface area contributed by atoms with Crippen molar-refractivity contribution in [1.82, 2.24) is 19.7 Å². The van der Waals surface area contributed by atoms with Crippen LogP contribution in [0.2, 0.25) is 5.28 Å². The second-order valence-corrected chi connectivity index (χ2v) is 9.23. The number of rotatable bonds is 8. The summed E-state index contributed by atoms with van der Waals surface area (Å²) < 4.78 is 28.7. The monoisotopic (exact) mass is 463 g/mol. The molecule has 166 valence electrons. The van der Waals surface area contributed by atoms with E-state index in [4.69, 9.17) is 35.6 Å². The third-order valence-corrected chi connectivity index (χ3v) is 5.61. The fourth-order valence-corrected chi connectivity index (χ4v) is 4.10. The molecular formula is C16H23ClN5O7P. The molecule has 2 aliphatic rings. The standard InChI is InChI=1S/C16H23ClN5O7P/c17-16-20-13(18-5-9-2-1-3-28-9)11-6-19-22(14(11)21-16)15-12(23)4-10(29-15)7-27-8-30(24,25)26/h6,9-10,12,15,23H,1-5,7-8H2,(H,18,20,21)(H2,24,25,26)/t9-,10-,12+,15+/m0/s1. The Bertz CT molecular complexity index is 934. The first-order chi connectivity index (χ1) is 14.3. The van der Waals surface area contributed by atoms with E-state index in [1.807, 2.05) is 0 Å². The molecule has 2 aromatic heterocycles. The first kappa shape index (κ1) is 21.8. The van der Waals surface area contributed by atoms with Crippen molar-refractivity contribution in [1.29, 1.82) is 0 Å². The number of aliphatic hydroxyl groups is 1. The van der Waals surface area contributed by atoms with Gasteiger partial charge >= 0.3 is 7.60 Å². The Balaban J connectivity index is 1.48. The predicted octanol–water partition coefficient (Wildman–Crippen LogP) is 0.871. The highest BCUT2D eigenvalue weighted by Gasteiger charge is 2.37. The van der Waals surface area contributed by atoms with Crippen LogP contribution in [0.4, 0.5) is 5.82 Å². The van der Waals surface area contributed by atoms with Crippen molar-refractivity contribution in [3.8, 4) is 0 Å². The lowest BCUT2D eigenvalue weighted by atomic mass is 10.2. The molecular weight excluding hydrogens is 441 g/mol. The highest BCUT2D eigenvalue weighted by Crippen LogP contribution is 2.36. The van der Waals surface area contributed by atoms with Gasteiger partial charge in [-0.1, -0.05) is 0 Å². The van der Waals surface area contributed by atoms with Crippen LogP contribution < -0.4 is 5.32 Å². The van der Waals surface area contributed by atoms with Gasteiger partial charge in [-0.25, -0.2) is 4.68 Å². The lowest BCUT2D eigenvalue weighted by molar-refractivity contribution is -0.0623. The molecule has 4 N–H and O–H groups in total. The fourth-order valence-electron chi connectivity index (χ4n) is 3.60. The predicted molar refractivity (Wildman–Crippen MR) is 105 cm³/mol. The van der Waals surface area contributed by atoms with Crippen LogP contribution in [0.15, 0.2) is 6.20 Å². The molecule has 0 bridgehead atoms. The summed E-state index contributed by atoms with van der Waals surface area (Å²) in [6.45, 7) is 1.26. The topological polar surface area (TPSA) is 161 Å². The van der Waals surface area contributed by atoms with E-state index in [0.29, 0.717) is 23.4 Å². The Morgan fingerprint density at radius 3 is 2.93 bits per heavy atom. The quantitative estimate of drug-likeness (QED) is 0.324. The maximum Gasteiger partial charge on any atom is 0.350 e. The van der Waals surface area contributed by atoms with E-state index in [-0.39, 0.29) is 24.4 Å². The van der Waals surface area contributed by atoms with E-state index in [1.165, 1.54) is 4.68 Å². The number of hydrogen-bond acceptors (Lipinski definition) is 9. The van der Waals surface area contributed by atoms with Crippen molar-refractivity contribution in [2.75, 3.05) is 31.4 Å². The third-order valence-electron chi connectivity index (χ3n) is 4.92. The molecule has 12 nitrogen and oxygen atoms in total. The zero-order valence-electron chi connectivity index (χ0n) is 15.9. The number of fused-ring (bicyclic) bond motifs is 1. The van der Waals surface area contributed by atoms with Gasteiger partial charge in [-0.15, -0.1) is 0 Å². The molecule has 2 aliphatic heterocycles. The van der Waals surface area contributed by atoms with Gasteiger partial charge in [0.15, 0.2) is 11.9 Å². The molecule has 0 amide bonds. The highest BCUT2D eigenvalue weighted by atomic mass is 35.5. The van der Waals surface area contributed by atoms with E-state index in [9.17, 15) is 9.67 Å². The zero-order valence-corrected chi connectivity index (χ0v) is 17.6. The SMILES string of the molecule is O=P(O)(O)COC[C@@H]1C[C@@H](O)[C@H](n2ncc3c(NC[C@@H]4CCCO4)nc(Cl)nc32)O1. The van der Waals surface area contributed by atoms with E-state index < -0.39 is 32.4 Å². The zero-order chi connectivity index (χ0) is 21.3. The summed E-state index contributed by atoms with van der Waals surface area (Å²) in [4.78, 5) is 26.2. The van der Waals surface area contributed by atoms with E-state index >= 15 is 0 Å². The van der Waals surface area contributed by atoms with Gasteiger partial charge in [-0.3, -0.25) is 4.57 Å². The van der Waals surface area contributed by atoms with Crippen molar-refractivity contribution in [2.45, 2.75) is 43.8 Å². The molecule has 0 spiro atoms. The van der Waals surface area contributed by atoms with Gasteiger partial charge in [0.05, 0.1) is 30.4 Å². The molecule has 0 aromatic carbocycles. The molecule has 0 unspecified atom stereocenters. The molecule has 2 saturated heterocycles. The van der Waals surface area contributed by atoms with Crippen LogP contribution in [0, 0.1) is 0 Å². The Hall–Kier alpha value is -1.37. The number of halogens is 1. The van der Waals surface area contributed by atoms with Crippen molar-refractivity contribution in [3.63, 3.8) is 0 Å². The van der Waals surface area contributed by atoms with Crippen LogP contribution in [-0.4, -0.2) is 79.1 Å². The van der Waals surface area contributed by atoms with Gasteiger partial charge in [0.1, 0.15) is 18.3 Å². The summed E-state index contributed by atoms with van der Waals surface area (Å²) in [5.41, 5.74) is 0.394. The number of anilines is 1. The number of nitrogens with zero attached hydrogens (tertiary/aromatic N) is 4.